The highest BCUT2D eigenvalue weighted by atomic mass is 35.5. The van der Waals surface area contributed by atoms with E-state index in [1.54, 1.807) is 17.0 Å². The third-order valence-electron chi connectivity index (χ3n) is 5.34. The number of aliphatic carboxylic acids is 1. The first-order chi connectivity index (χ1) is 16.2. The molecule has 1 aromatic heterocycles. The van der Waals surface area contributed by atoms with Gasteiger partial charge in [0, 0.05) is 44.8 Å². The number of hydrogen-bond donors (Lipinski definition) is 2. The van der Waals surface area contributed by atoms with E-state index in [0.29, 0.717) is 26.2 Å². The minimum Gasteiger partial charge on any atom is -0.481 e. The molecule has 2 heterocycles. The third kappa shape index (κ3) is 7.39. The molecule has 1 aromatic carbocycles. The zero-order chi connectivity index (χ0) is 24.7. The molecular weight excluding hydrogens is 467 g/mol. The number of pyridine rings is 1. The summed E-state index contributed by atoms with van der Waals surface area (Å²) < 4.78 is 18.7. The quantitative estimate of drug-likeness (QED) is 0.553. The second-order valence-corrected chi connectivity index (χ2v) is 8.47. The second kappa shape index (κ2) is 11.8. The zero-order valence-electron chi connectivity index (χ0n) is 18.7. The Morgan fingerprint density at radius 1 is 1.24 bits per heavy atom. The van der Waals surface area contributed by atoms with Crippen LogP contribution in [0.2, 0.25) is 5.02 Å². The van der Waals surface area contributed by atoms with E-state index in [2.05, 4.69) is 15.2 Å². The highest BCUT2D eigenvalue weighted by molar-refractivity contribution is 6.30. The summed E-state index contributed by atoms with van der Waals surface area (Å²) in [5.74, 6) is -2.11. The summed E-state index contributed by atoms with van der Waals surface area (Å²) in [5, 5.41) is 11.5. The first-order valence-corrected chi connectivity index (χ1v) is 11.2. The molecule has 0 bridgehead atoms. The number of carbonyl (C=O) groups excluding carboxylic acids is 2. The number of anilines is 1. The van der Waals surface area contributed by atoms with Crippen LogP contribution in [0.5, 0.6) is 5.88 Å². The molecule has 3 rings (SSSR count). The SMILES string of the molecule is CC1CN(Cc2ccc(F)cc2)CCN1C(=O)COc1ncc(Cl)cc1NC(=O)CCC(=O)O. The molecule has 11 heteroatoms. The number of aromatic nitrogens is 1. The molecule has 1 aliphatic rings. The van der Waals surface area contributed by atoms with Crippen molar-refractivity contribution in [1.29, 1.82) is 0 Å². The number of carboxylic acid groups (broad SMARTS) is 1. The highest BCUT2D eigenvalue weighted by Crippen LogP contribution is 2.25. The van der Waals surface area contributed by atoms with Crippen molar-refractivity contribution in [1.82, 2.24) is 14.8 Å². The van der Waals surface area contributed by atoms with Gasteiger partial charge in [0.25, 0.3) is 5.91 Å². The molecule has 34 heavy (non-hydrogen) atoms. The van der Waals surface area contributed by atoms with Crippen LogP contribution in [0.25, 0.3) is 0 Å². The van der Waals surface area contributed by atoms with Crippen molar-refractivity contribution in [3.8, 4) is 5.88 Å². The molecule has 1 saturated heterocycles. The monoisotopic (exact) mass is 492 g/mol. The van der Waals surface area contributed by atoms with E-state index in [-0.39, 0.29) is 53.8 Å². The predicted octanol–water partition coefficient (Wildman–Crippen LogP) is 2.79. The van der Waals surface area contributed by atoms with Crippen molar-refractivity contribution in [3.63, 3.8) is 0 Å². The fourth-order valence-corrected chi connectivity index (χ4v) is 3.83. The zero-order valence-corrected chi connectivity index (χ0v) is 19.4. The summed E-state index contributed by atoms with van der Waals surface area (Å²) in [6, 6.07) is 7.74. The minimum atomic E-state index is -1.09. The fourth-order valence-electron chi connectivity index (χ4n) is 3.67. The Kier molecular flexibility index (Phi) is 8.78. The smallest absolute Gasteiger partial charge is 0.303 e. The lowest BCUT2D eigenvalue weighted by Gasteiger charge is -2.39. The fraction of sp³-hybridized carbons (Fsp3) is 0.391. The second-order valence-electron chi connectivity index (χ2n) is 8.03. The van der Waals surface area contributed by atoms with Crippen LogP contribution in [0.4, 0.5) is 10.1 Å². The number of nitrogens with one attached hydrogen (secondary N) is 1. The molecule has 0 saturated carbocycles. The topological polar surface area (TPSA) is 112 Å². The maximum atomic E-state index is 13.1. The Bertz CT molecular complexity index is 1040. The Balaban J connectivity index is 1.53. The van der Waals surface area contributed by atoms with Crippen LogP contribution in [0.1, 0.15) is 25.3 Å². The van der Waals surface area contributed by atoms with E-state index in [1.165, 1.54) is 24.4 Å². The molecule has 2 aromatic rings. The summed E-state index contributed by atoms with van der Waals surface area (Å²) >= 11 is 5.95. The van der Waals surface area contributed by atoms with Gasteiger partial charge in [-0.2, -0.15) is 0 Å². The van der Waals surface area contributed by atoms with Crippen molar-refractivity contribution in [2.75, 3.05) is 31.6 Å². The summed E-state index contributed by atoms with van der Waals surface area (Å²) in [6.45, 7) is 4.17. The number of piperazine rings is 1. The number of halogens is 2. The van der Waals surface area contributed by atoms with Gasteiger partial charge in [-0.1, -0.05) is 23.7 Å². The van der Waals surface area contributed by atoms with Crippen LogP contribution < -0.4 is 10.1 Å². The number of rotatable bonds is 9. The van der Waals surface area contributed by atoms with Gasteiger partial charge in [0.05, 0.1) is 11.4 Å². The lowest BCUT2D eigenvalue weighted by atomic mass is 10.1. The van der Waals surface area contributed by atoms with Gasteiger partial charge in [-0.25, -0.2) is 9.37 Å². The predicted molar refractivity (Wildman–Crippen MR) is 123 cm³/mol. The minimum absolute atomic E-state index is 0.0176. The molecule has 2 N–H and O–H groups in total. The van der Waals surface area contributed by atoms with Gasteiger partial charge in [0.1, 0.15) is 11.5 Å². The molecule has 2 amide bonds. The summed E-state index contributed by atoms with van der Waals surface area (Å²) in [4.78, 5) is 43.4. The average Bonchev–Trinajstić information content (AvgIpc) is 2.78. The lowest BCUT2D eigenvalue weighted by molar-refractivity contribution is -0.138. The number of amides is 2. The van der Waals surface area contributed by atoms with E-state index in [0.717, 1.165) is 5.56 Å². The average molecular weight is 493 g/mol. The maximum Gasteiger partial charge on any atom is 0.303 e. The van der Waals surface area contributed by atoms with E-state index in [4.69, 9.17) is 21.4 Å². The van der Waals surface area contributed by atoms with Gasteiger partial charge in [0.15, 0.2) is 6.61 Å². The number of carboxylic acids is 1. The van der Waals surface area contributed by atoms with Gasteiger partial charge < -0.3 is 20.1 Å². The number of ether oxygens (including phenoxy) is 1. The van der Waals surface area contributed by atoms with Crippen molar-refractivity contribution in [3.05, 3.63) is 52.9 Å². The number of carbonyl (C=O) groups is 3. The van der Waals surface area contributed by atoms with E-state index in [1.807, 2.05) is 6.92 Å². The Morgan fingerprint density at radius 2 is 1.97 bits per heavy atom. The molecule has 1 unspecified atom stereocenters. The van der Waals surface area contributed by atoms with Crippen LogP contribution in [0.15, 0.2) is 36.5 Å². The lowest BCUT2D eigenvalue weighted by Crippen LogP contribution is -2.54. The molecule has 9 nitrogen and oxygen atoms in total. The Hall–Kier alpha value is -3.24. The van der Waals surface area contributed by atoms with Gasteiger partial charge in [-0.15, -0.1) is 0 Å². The largest absolute Gasteiger partial charge is 0.481 e. The van der Waals surface area contributed by atoms with Gasteiger partial charge >= 0.3 is 5.97 Å². The van der Waals surface area contributed by atoms with Crippen molar-refractivity contribution < 1.29 is 28.6 Å². The van der Waals surface area contributed by atoms with Crippen molar-refractivity contribution in [2.45, 2.75) is 32.4 Å². The summed E-state index contributed by atoms with van der Waals surface area (Å²) in [5.41, 5.74) is 1.16. The Labute approximate surface area is 201 Å². The summed E-state index contributed by atoms with van der Waals surface area (Å²) in [7, 11) is 0. The first kappa shape index (κ1) is 25.4. The van der Waals surface area contributed by atoms with Crippen molar-refractivity contribution in [2.24, 2.45) is 0 Å². The summed E-state index contributed by atoms with van der Waals surface area (Å²) in [6.07, 6.45) is 0.782. The molecule has 1 atom stereocenters. The first-order valence-electron chi connectivity index (χ1n) is 10.8. The molecule has 1 aliphatic heterocycles. The normalized spacial score (nSPS) is 16.2. The van der Waals surface area contributed by atoms with Gasteiger partial charge in [0.2, 0.25) is 11.8 Å². The molecule has 182 valence electrons. The standard InChI is InChI=1S/C23H26ClFN4O5/c1-15-12-28(13-16-2-4-18(25)5-3-16)8-9-29(15)21(31)14-34-23-19(10-17(24)11-26-23)27-20(30)6-7-22(32)33/h2-5,10-11,15H,6-9,12-14H2,1H3,(H,27,30)(H,32,33). The van der Waals surface area contributed by atoms with Crippen LogP contribution in [-0.4, -0.2) is 70.0 Å². The van der Waals surface area contributed by atoms with E-state index >= 15 is 0 Å². The molecule has 0 aliphatic carbocycles. The van der Waals surface area contributed by atoms with Crippen LogP contribution in [-0.2, 0) is 20.9 Å². The van der Waals surface area contributed by atoms with Crippen LogP contribution in [0, 0.1) is 5.82 Å². The van der Waals surface area contributed by atoms with Crippen LogP contribution >= 0.6 is 11.6 Å². The number of hydrogen-bond acceptors (Lipinski definition) is 6. The number of benzene rings is 1. The van der Waals surface area contributed by atoms with Gasteiger partial charge in [-0.05, 0) is 30.7 Å². The highest BCUT2D eigenvalue weighted by Gasteiger charge is 2.28. The maximum absolute atomic E-state index is 13.1. The van der Waals surface area contributed by atoms with Gasteiger partial charge in [-0.3, -0.25) is 19.3 Å². The van der Waals surface area contributed by atoms with E-state index in [9.17, 15) is 18.8 Å². The van der Waals surface area contributed by atoms with Crippen LogP contribution in [0.3, 0.4) is 0 Å². The molecular formula is C23H26ClFN4O5. The third-order valence-corrected chi connectivity index (χ3v) is 5.55. The Morgan fingerprint density at radius 3 is 2.65 bits per heavy atom. The molecule has 1 fully saturated rings. The molecule has 0 radical (unpaired) electrons. The van der Waals surface area contributed by atoms with Crippen molar-refractivity contribution >= 4 is 35.1 Å². The molecule has 0 spiro atoms. The number of nitrogens with zero attached hydrogens (tertiary/aromatic N) is 3. The van der Waals surface area contributed by atoms with E-state index < -0.39 is 11.9 Å².